The molecule has 0 unspecified atom stereocenters. The molecule has 142 valence electrons. The Hall–Kier alpha value is -2.87. The van der Waals surface area contributed by atoms with Crippen LogP contribution in [0.2, 0.25) is 0 Å². The van der Waals surface area contributed by atoms with Crippen LogP contribution in [0.4, 0.5) is 10.6 Å². The first-order chi connectivity index (χ1) is 13.2. The van der Waals surface area contributed by atoms with E-state index in [1.807, 2.05) is 30.6 Å². The van der Waals surface area contributed by atoms with Gasteiger partial charge in [0.1, 0.15) is 5.52 Å². The Morgan fingerprint density at radius 2 is 2.04 bits per heavy atom. The molecule has 27 heavy (non-hydrogen) atoms. The lowest BCUT2D eigenvalue weighted by Crippen LogP contribution is -2.46. The maximum absolute atomic E-state index is 12.1. The average molecular weight is 368 g/mol. The predicted octanol–water partition coefficient (Wildman–Crippen LogP) is 1.99. The molecule has 0 spiro atoms. The number of aromatic nitrogens is 3. The first-order valence-corrected chi connectivity index (χ1v) is 9.33. The van der Waals surface area contributed by atoms with Gasteiger partial charge in [0.2, 0.25) is 0 Å². The minimum absolute atomic E-state index is 0.00350. The fourth-order valence-electron chi connectivity index (χ4n) is 3.46. The zero-order valence-corrected chi connectivity index (χ0v) is 15.2. The molecule has 2 aromatic heterocycles. The van der Waals surface area contributed by atoms with Crippen LogP contribution in [0.3, 0.4) is 0 Å². The molecular formula is C19H24N6O2. The summed E-state index contributed by atoms with van der Waals surface area (Å²) in [4.78, 5) is 22.7. The third-order valence-corrected chi connectivity index (χ3v) is 4.88. The van der Waals surface area contributed by atoms with E-state index in [9.17, 15) is 4.79 Å². The summed E-state index contributed by atoms with van der Waals surface area (Å²) in [6.07, 6.45) is 3.65. The van der Waals surface area contributed by atoms with E-state index >= 15 is 0 Å². The highest BCUT2D eigenvalue weighted by Gasteiger charge is 2.16. The number of rotatable bonds is 5. The smallest absolute Gasteiger partial charge is 0.317 e. The van der Waals surface area contributed by atoms with Gasteiger partial charge in [0.15, 0.2) is 5.82 Å². The number of fused-ring (bicyclic) bond motifs is 3. The van der Waals surface area contributed by atoms with Crippen molar-refractivity contribution in [2.45, 2.75) is 19.4 Å². The number of aryl methyl sites for hydroxylation is 1. The van der Waals surface area contributed by atoms with Gasteiger partial charge >= 0.3 is 6.03 Å². The summed E-state index contributed by atoms with van der Waals surface area (Å²) in [5.41, 5.74) is 8.71. The van der Waals surface area contributed by atoms with Crippen LogP contribution in [0.15, 0.2) is 30.6 Å². The Morgan fingerprint density at radius 3 is 2.89 bits per heavy atom. The summed E-state index contributed by atoms with van der Waals surface area (Å²) in [7, 11) is 0. The quantitative estimate of drug-likeness (QED) is 0.671. The van der Waals surface area contributed by atoms with Crippen molar-refractivity contribution in [3.8, 4) is 0 Å². The highest BCUT2D eigenvalue weighted by molar-refractivity contribution is 6.06. The molecule has 1 aliphatic rings. The average Bonchev–Trinajstić information content (AvgIpc) is 3.13. The van der Waals surface area contributed by atoms with E-state index in [1.54, 1.807) is 4.90 Å². The lowest BCUT2D eigenvalue weighted by molar-refractivity contribution is 0.0532. The number of pyridine rings is 1. The highest BCUT2D eigenvalue weighted by atomic mass is 16.5. The number of imidazole rings is 1. The molecule has 0 aliphatic carbocycles. The SMILES string of the molecule is Nc1nc2ccccc2c2c1ncn2CCCCNC(=O)N1CCOCC1. The van der Waals surface area contributed by atoms with E-state index in [-0.39, 0.29) is 6.03 Å². The van der Waals surface area contributed by atoms with Crippen molar-refractivity contribution in [3.05, 3.63) is 30.6 Å². The second kappa shape index (κ2) is 7.79. The second-order valence-corrected chi connectivity index (χ2v) is 6.69. The van der Waals surface area contributed by atoms with Crippen molar-refractivity contribution in [3.63, 3.8) is 0 Å². The van der Waals surface area contributed by atoms with Gasteiger partial charge < -0.3 is 25.3 Å². The van der Waals surface area contributed by atoms with Crippen LogP contribution in [0.1, 0.15) is 12.8 Å². The number of carbonyl (C=O) groups excluding carboxylic acids is 1. The number of hydrogen-bond acceptors (Lipinski definition) is 5. The van der Waals surface area contributed by atoms with Crippen molar-refractivity contribution in [2.24, 2.45) is 0 Å². The van der Waals surface area contributed by atoms with Gasteiger partial charge in [0, 0.05) is 31.6 Å². The lowest BCUT2D eigenvalue weighted by atomic mass is 10.2. The van der Waals surface area contributed by atoms with E-state index in [0.29, 0.717) is 38.7 Å². The Labute approximate surface area is 157 Å². The molecule has 0 saturated carbocycles. The molecule has 3 heterocycles. The number of para-hydroxylation sites is 1. The summed E-state index contributed by atoms with van der Waals surface area (Å²) in [6.45, 7) is 4.04. The number of ether oxygens (including phenoxy) is 1. The number of unbranched alkanes of at least 4 members (excludes halogenated alkanes) is 1. The number of nitrogen functional groups attached to an aromatic ring is 1. The van der Waals surface area contributed by atoms with Crippen molar-refractivity contribution in [1.29, 1.82) is 0 Å². The fraction of sp³-hybridized carbons (Fsp3) is 0.421. The number of urea groups is 1. The van der Waals surface area contributed by atoms with Gasteiger partial charge in [0.05, 0.1) is 30.6 Å². The minimum atomic E-state index is -0.00350. The number of nitrogens with one attached hydrogen (secondary N) is 1. The first kappa shape index (κ1) is 17.5. The van der Waals surface area contributed by atoms with Gasteiger partial charge in [-0.2, -0.15) is 0 Å². The van der Waals surface area contributed by atoms with Gasteiger partial charge in [-0.1, -0.05) is 18.2 Å². The summed E-state index contributed by atoms with van der Waals surface area (Å²) in [6, 6.07) is 7.96. The monoisotopic (exact) mass is 368 g/mol. The number of carbonyl (C=O) groups is 1. The van der Waals surface area contributed by atoms with E-state index in [1.165, 1.54) is 0 Å². The molecule has 1 saturated heterocycles. The van der Waals surface area contributed by atoms with Gasteiger partial charge in [-0.05, 0) is 18.9 Å². The molecule has 2 amide bonds. The summed E-state index contributed by atoms with van der Waals surface area (Å²) in [5, 5.41) is 4.04. The molecule has 8 heteroatoms. The molecule has 0 atom stereocenters. The molecular weight excluding hydrogens is 344 g/mol. The third kappa shape index (κ3) is 3.66. The summed E-state index contributed by atoms with van der Waals surface area (Å²) >= 11 is 0. The van der Waals surface area contributed by atoms with Crippen molar-refractivity contribution >= 4 is 33.8 Å². The maximum Gasteiger partial charge on any atom is 0.317 e. The predicted molar refractivity (Wildman–Crippen MR) is 104 cm³/mol. The van der Waals surface area contributed by atoms with Crippen LogP contribution in [0.5, 0.6) is 0 Å². The molecule has 0 radical (unpaired) electrons. The molecule has 3 N–H and O–H groups in total. The van der Waals surface area contributed by atoms with Crippen LogP contribution < -0.4 is 11.1 Å². The van der Waals surface area contributed by atoms with E-state index in [4.69, 9.17) is 10.5 Å². The zero-order chi connectivity index (χ0) is 18.6. The van der Waals surface area contributed by atoms with Crippen molar-refractivity contribution in [1.82, 2.24) is 24.8 Å². The molecule has 3 aromatic rings. The van der Waals surface area contributed by atoms with Crippen LogP contribution in [-0.2, 0) is 11.3 Å². The lowest BCUT2D eigenvalue weighted by Gasteiger charge is -2.26. The Bertz CT molecular complexity index is 948. The van der Waals surface area contributed by atoms with Crippen molar-refractivity contribution < 1.29 is 9.53 Å². The molecule has 1 aromatic carbocycles. The zero-order valence-electron chi connectivity index (χ0n) is 15.2. The van der Waals surface area contributed by atoms with E-state index in [0.717, 1.165) is 41.3 Å². The number of nitrogens with zero attached hydrogens (tertiary/aromatic N) is 4. The first-order valence-electron chi connectivity index (χ1n) is 9.33. The van der Waals surface area contributed by atoms with Gasteiger partial charge in [-0.15, -0.1) is 0 Å². The molecule has 1 fully saturated rings. The molecule has 0 bridgehead atoms. The number of morpholine rings is 1. The van der Waals surface area contributed by atoms with Crippen LogP contribution >= 0.6 is 0 Å². The topological polar surface area (TPSA) is 98.3 Å². The van der Waals surface area contributed by atoms with E-state index in [2.05, 4.69) is 19.9 Å². The Kier molecular flexibility index (Phi) is 5.06. The molecule has 4 rings (SSSR count). The minimum Gasteiger partial charge on any atom is -0.382 e. The normalized spacial score (nSPS) is 14.7. The summed E-state index contributed by atoms with van der Waals surface area (Å²) < 4.78 is 7.39. The standard InChI is InChI=1S/C19H24N6O2/c20-18-16-17(14-5-1-2-6-15(14)23-18)25(13-22-16)8-4-3-7-21-19(26)24-9-11-27-12-10-24/h1-2,5-6,13H,3-4,7-12H2,(H2,20,23)(H,21,26). The summed E-state index contributed by atoms with van der Waals surface area (Å²) in [5.74, 6) is 0.459. The van der Waals surface area contributed by atoms with Crippen molar-refractivity contribution in [2.75, 3.05) is 38.6 Å². The van der Waals surface area contributed by atoms with Crippen LogP contribution in [0.25, 0.3) is 21.9 Å². The maximum atomic E-state index is 12.1. The number of anilines is 1. The second-order valence-electron chi connectivity index (χ2n) is 6.69. The van der Waals surface area contributed by atoms with Crippen LogP contribution in [0, 0.1) is 0 Å². The Balaban J connectivity index is 1.36. The Morgan fingerprint density at radius 1 is 1.22 bits per heavy atom. The molecule has 8 nitrogen and oxygen atoms in total. The largest absolute Gasteiger partial charge is 0.382 e. The van der Waals surface area contributed by atoms with Gasteiger partial charge in [0.25, 0.3) is 0 Å². The number of benzene rings is 1. The number of nitrogens with two attached hydrogens (primary N) is 1. The fourth-order valence-corrected chi connectivity index (χ4v) is 3.46. The third-order valence-electron chi connectivity index (χ3n) is 4.88. The van der Waals surface area contributed by atoms with Gasteiger partial charge in [-0.3, -0.25) is 0 Å². The highest BCUT2D eigenvalue weighted by Crippen LogP contribution is 2.27. The van der Waals surface area contributed by atoms with Gasteiger partial charge in [-0.25, -0.2) is 14.8 Å². The molecule has 1 aliphatic heterocycles. The number of amides is 2. The van der Waals surface area contributed by atoms with E-state index < -0.39 is 0 Å². The number of hydrogen-bond donors (Lipinski definition) is 2. The van der Waals surface area contributed by atoms with Crippen LogP contribution in [-0.4, -0.2) is 58.3 Å².